The second-order valence-corrected chi connectivity index (χ2v) is 7.31. The van der Waals surface area contributed by atoms with Gasteiger partial charge in [-0.1, -0.05) is 13.0 Å². The molecule has 2 rings (SSSR count). The minimum absolute atomic E-state index is 0.143. The molecule has 0 spiro atoms. The van der Waals surface area contributed by atoms with Crippen molar-refractivity contribution in [2.24, 2.45) is 0 Å². The Balaban J connectivity index is 2.25. The predicted molar refractivity (Wildman–Crippen MR) is 79.3 cm³/mol. The molecule has 0 atom stereocenters. The van der Waals surface area contributed by atoms with Crippen LogP contribution in [0.4, 0.5) is 10.1 Å². The second-order valence-electron chi connectivity index (χ2n) is 5.01. The van der Waals surface area contributed by atoms with Gasteiger partial charge in [0.25, 0.3) is 0 Å². The van der Waals surface area contributed by atoms with Gasteiger partial charge in [0.05, 0.1) is 11.5 Å². The first-order chi connectivity index (χ1) is 9.53. The lowest BCUT2D eigenvalue weighted by Crippen LogP contribution is -2.29. The lowest BCUT2D eigenvalue weighted by Gasteiger charge is -2.25. The zero-order chi connectivity index (χ0) is 14.6. The van der Waals surface area contributed by atoms with E-state index in [4.69, 9.17) is 0 Å². The van der Waals surface area contributed by atoms with Gasteiger partial charge in [0, 0.05) is 30.9 Å². The van der Waals surface area contributed by atoms with Crippen LogP contribution in [0.3, 0.4) is 0 Å². The summed E-state index contributed by atoms with van der Waals surface area (Å²) in [6.07, 6.45) is 0.597. The summed E-state index contributed by atoms with van der Waals surface area (Å²) in [6, 6.07) is 5.00. The topological polar surface area (TPSA) is 49.4 Å². The molecule has 0 aliphatic carbocycles. The number of hydrogen-bond acceptors (Lipinski definition) is 4. The van der Waals surface area contributed by atoms with Gasteiger partial charge in [0.2, 0.25) is 0 Å². The summed E-state index contributed by atoms with van der Waals surface area (Å²) in [5, 5.41) is 3.13. The van der Waals surface area contributed by atoms with Crippen LogP contribution in [0.5, 0.6) is 0 Å². The van der Waals surface area contributed by atoms with E-state index in [1.54, 1.807) is 6.07 Å². The molecule has 0 bridgehead atoms. The summed E-state index contributed by atoms with van der Waals surface area (Å²) in [5.74, 6) is 0.126. The molecule has 1 aromatic carbocycles. The maximum absolute atomic E-state index is 14.0. The van der Waals surface area contributed by atoms with E-state index in [1.807, 2.05) is 17.9 Å². The van der Waals surface area contributed by atoms with Crippen molar-refractivity contribution >= 4 is 15.5 Å². The SMILES string of the molecule is CCNCc1c(F)cccc1N1CCCS(=O)(=O)CC1. The van der Waals surface area contributed by atoms with E-state index in [2.05, 4.69) is 5.32 Å². The normalized spacial score (nSPS) is 18.8. The fourth-order valence-corrected chi connectivity index (χ4v) is 3.72. The highest BCUT2D eigenvalue weighted by molar-refractivity contribution is 7.91. The lowest BCUT2D eigenvalue weighted by molar-refractivity contribution is 0.591. The number of sulfone groups is 1. The maximum atomic E-state index is 14.0. The zero-order valence-electron chi connectivity index (χ0n) is 11.7. The van der Waals surface area contributed by atoms with Crippen LogP contribution in [0.15, 0.2) is 18.2 Å². The number of nitrogens with zero attached hydrogens (tertiary/aromatic N) is 1. The van der Waals surface area contributed by atoms with E-state index in [0.717, 1.165) is 12.2 Å². The molecule has 0 aromatic heterocycles. The molecular weight excluding hydrogens is 279 g/mol. The molecule has 1 aliphatic heterocycles. The van der Waals surface area contributed by atoms with Crippen molar-refractivity contribution in [1.29, 1.82) is 0 Å². The largest absolute Gasteiger partial charge is 0.370 e. The first kappa shape index (κ1) is 15.3. The van der Waals surface area contributed by atoms with E-state index < -0.39 is 9.84 Å². The Kier molecular flexibility index (Phi) is 4.99. The van der Waals surface area contributed by atoms with Crippen LogP contribution in [0.1, 0.15) is 18.9 Å². The molecule has 1 saturated heterocycles. The van der Waals surface area contributed by atoms with E-state index in [-0.39, 0.29) is 17.3 Å². The van der Waals surface area contributed by atoms with Crippen molar-refractivity contribution < 1.29 is 12.8 Å². The number of anilines is 1. The quantitative estimate of drug-likeness (QED) is 0.917. The van der Waals surface area contributed by atoms with Gasteiger partial charge in [0.15, 0.2) is 9.84 Å². The molecule has 1 fully saturated rings. The number of halogens is 1. The molecule has 1 aromatic rings. The van der Waals surface area contributed by atoms with Crippen LogP contribution >= 0.6 is 0 Å². The van der Waals surface area contributed by atoms with Crippen LogP contribution in [0.2, 0.25) is 0 Å². The van der Waals surface area contributed by atoms with Gasteiger partial charge < -0.3 is 10.2 Å². The average molecular weight is 300 g/mol. The van der Waals surface area contributed by atoms with Crippen LogP contribution in [0, 0.1) is 5.82 Å². The van der Waals surface area contributed by atoms with Crippen molar-refractivity contribution in [3.63, 3.8) is 0 Å². The number of hydrogen-bond donors (Lipinski definition) is 1. The first-order valence-corrected chi connectivity index (χ1v) is 8.79. The van der Waals surface area contributed by atoms with Crippen LogP contribution < -0.4 is 10.2 Å². The molecular formula is C14H21FN2O2S. The minimum Gasteiger partial charge on any atom is -0.370 e. The Morgan fingerprint density at radius 3 is 2.85 bits per heavy atom. The maximum Gasteiger partial charge on any atom is 0.152 e. The molecule has 0 unspecified atom stereocenters. The third kappa shape index (κ3) is 3.70. The van der Waals surface area contributed by atoms with Gasteiger partial charge in [-0.05, 0) is 25.1 Å². The number of benzene rings is 1. The number of nitrogens with one attached hydrogen (secondary N) is 1. The smallest absolute Gasteiger partial charge is 0.152 e. The molecule has 112 valence electrons. The van der Waals surface area contributed by atoms with Crippen LogP contribution in [-0.4, -0.2) is 39.6 Å². The molecule has 20 heavy (non-hydrogen) atoms. The summed E-state index contributed by atoms with van der Waals surface area (Å²) >= 11 is 0. The van der Waals surface area contributed by atoms with Crippen LogP contribution in [-0.2, 0) is 16.4 Å². The monoisotopic (exact) mass is 300 g/mol. The van der Waals surface area contributed by atoms with E-state index in [1.165, 1.54) is 6.07 Å². The zero-order valence-corrected chi connectivity index (χ0v) is 12.5. The number of rotatable bonds is 4. The van der Waals surface area contributed by atoms with Crippen molar-refractivity contribution in [3.05, 3.63) is 29.6 Å². The van der Waals surface area contributed by atoms with Gasteiger partial charge in [-0.25, -0.2) is 12.8 Å². The molecule has 1 N–H and O–H groups in total. The molecule has 0 saturated carbocycles. The van der Waals surface area contributed by atoms with Crippen molar-refractivity contribution in [3.8, 4) is 0 Å². The highest BCUT2D eigenvalue weighted by Gasteiger charge is 2.21. The van der Waals surface area contributed by atoms with Gasteiger partial charge >= 0.3 is 0 Å². The van der Waals surface area contributed by atoms with Gasteiger partial charge in [0.1, 0.15) is 5.82 Å². The Morgan fingerprint density at radius 2 is 2.10 bits per heavy atom. The minimum atomic E-state index is -2.95. The Bertz CT molecular complexity index is 560. The molecule has 1 aliphatic rings. The van der Waals surface area contributed by atoms with E-state index in [9.17, 15) is 12.8 Å². The third-order valence-electron chi connectivity index (χ3n) is 3.54. The van der Waals surface area contributed by atoms with E-state index in [0.29, 0.717) is 31.6 Å². The standard InChI is InChI=1S/C14H21FN2O2S/c1-2-16-11-12-13(15)5-3-6-14(12)17-7-4-9-20(18,19)10-8-17/h3,5-6,16H,2,4,7-11H2,1H3. The van der Waals surface area contributed by atoms with Gasteiger partial charge in [-0.2, -0.15) is 0 Å². The van der Waals surface area contributed by atoms with Gasteiger partial charge in [-0.3, -0.25) is 0 Å². The van der Waals surface area contributed by atoms with Crippen molar-refractivity contribution in [2.45, 2.75) is 19.9 Å². The summed E-state index contributed by atoms with van der Waals surface area (Å²) in [7, 11) is -2.95. The Hall–Kier alpha value is -1.14. The Labute approximate surface area is 119 Å². The average Bonchev–Trinajstić information content (AvgIpc) is 2.58. The molecule has 1 heterocycles. The fourth-order valence-electron chi connectivity index (χ4n) is 2.45. The highest BCUT2D eigenvalue weighted by atomic mass is 32.2. The predicted octanol–water partition coefficient (Wildman–Crippen LogP) is 1.56. The highest BCUT2D eigenvalue weighted by Crippen LogP contribution is 2.24. The third-order valence-corrected chi connectivity index (χ3v) is 5.26. The van der Waals surface area contributed by atoms with Crippen molar-refractivity contribution in [2.75, 3.05) is 36.0 Å². The van der Waals surface area contributed by atoms with Crippen LogP contribution in [0.25, 0.3) is 0 Å². The lowest BCUT2D eigenvalue weighted by atomic mass is 10.1. The summed E-state index contributed by atoms with van der Waals surface area (Å²) in [6.45, 7) is 4.29. The summed E-state index contributed by atoms with van der Waals surface area (Å²) in [4.78, 5) is 1.99. The fraction of sp³-hybridized carbons (Fsp3) is 0.571. The summed E-state index contributed by atoms with van der Waals surface area (Å²) < 4.78 is 37.3. The molecule has 6 heteroatoms. The van der Waals surface area contributed by atoms with Crippen molar-refractivity contribution in [1.82, 2.24) is 5.32 Å². The molecule has 0 radical (unpaired) electrons. The van der Waals surface area contributed by atoms with Gasteiger partial charge in [-0.15, -0.1) is 0 Å². The summed E-state index contributed by atoms with van der Waals surface area (Å²) in [5.41, 5.74) is 1.43. The Morgan fingerprint density at radius 1 is 1.30 bits per heavy atom. The molecule has 0 amide bonds. The molecule has 4 nitrogen and oxygen atoms in total. The second kappa shape index (κ2) is 6.54. The first-order valence-electron chi connectivity index (χ1n) is 6.97. The van der Waals surface area contributed by atoms with E-state index >= 15 is 0 Å².